The zero-order valence-corrected chi connectivity index (χ0v) is 16.5. The maximum atomic E-state index is 12.5. The molecule has 1 N–H and O–H groups in total. The Kier molecular flexibility index (Phi) is 7.18. The minimum absolute atomic E-state index is 0.200. The maximum absolute atomic E-state index is 12.5. The van der Waals surface area contributed by atoms with Crippen molar-refractivity contribution in [3.8, 4) is 11.5 Å². The van der Waals surface area contributed by atoms with Gasteiger partial charge in [0, 0.05) is 6.54 Å². The number of hydrogen-bond acceptors (Lipinski definition) is 3. The van der Waals surface area contributed by atoms with Gasteiger partial charge in [-0.15, -0.1) is 0 Å². The molecular formula is C22H19Cl2NO3. The van der Waals surface area contributed by atoms with Gasteiger partial charge in [0.2, 0.25) is 0 Å². The Morgan fingerprint density at radius 1 is 0.786 bits per heavy atom. The van der Waals surface area contributed by atoms with Gasteiger partial charge in [-0.2, -0.15) is 0 Å². The summed E-state index contributed by atoms with van der Waals surface area (Å²) in [6.45, 7) is 0.927. The van der Waals surface area contributed by atoms with Gasteiger partial charge >= 0.3 is 0 Å². The lowest BCUT2D eigenvalue weighted by Crippen LogP contribution is -2.23. The summed E-state index contributed by atoms with van der Waals surface area (Å²) in [7, 11) is 0. The van der Waals surface area contributed by atoms with Crippen molar-refractivity contribution in [2.45, 2.75) is 6.54 Å². The lowest BCUT2D eigenvalue weighted by Gasteiger charge is -2.13. The molecule has 28 heavy (non-hydrogen) atoms. The van der Waals surface area contributed by atoms with E-state index in [1.165, 1.54) is 0 Å². The molecule has 0 unspecified atom stereocenters. The predicted molar refractivity (Wildman–Crippen MR) is 112 cm³/mol. The number of nitrogens with one attached hydrogen (secondary N) is 1. The molecule has 0 saturated heterocycles. The van der Waals surface area contributed by atoms with E-state index in [1.807, 2.05) is 36.4 Å². The fourth-order valence-corrected chi connectivity index (χ4v) is 3.08. The first kappa shape index (κ1) is 20.1. The van der Waals surface area contributed by atoms with E-state index in [9.17, 15) is 4.79 Å². The normalized spacial score (nSPS) is 10.4. The third kappa shape index (κ3) is 5.41. The van der Waals surface area contributed by atoms with Gasteiger partial charge in [0.1, 0.15) is 19.0 Å². The SMILES string of the molecule is O=C(NCc1ccccc1)c1ccccc1OCCOc1c(Cl)cccc1Cl. The van der Waals surface area contributed by atoms with Crippen LogP contribution in [-0.4, -0.2) is 19.1 Å². The van der Waals surface area contributed by atoms with Crippen molar-refractivity contribution < 1.29 is 14.3 Å². The summed E-state index contributed by atoms with van der Waals surface area (Å²) < 4.78 is 11.3. The van der Waals surface area contributed by atoms with Crippen molar-refractivity contribution >= 4 is 29.1 Å². The first-order valence-electron chi connectivity index (χ1n) is 8.76. The van der Waals surface area contributed by atoms with Gasteiger partial charge in [-0.3, -0.25) is 4.79 Å². The molecular weight excluding hydrogens is 397 g/mol. The molecule has 1 amide bonds. The minimum Gasteiger partial charge on any atom is -0.489 e. The van der Waals surface area contributed by atoms with E-state index in [0.717, 1.165) is 5.56 Å². The van der Waals surface area contributed by atoms with Crippen LogP contribution in [0.3, 0.4) is 0 Å². The zero-order valence-electron chi connectivity index (χ0n) is 15.0. The van der Waals surface area contributed by atoms with Crippen molar-refractivity contribution in [3.63, 3.8) is 0 Å². The van der Waals surface area contributed by atoms with Crippen LogP contribution >= 0.6 is 23.2 Å². The Morgan fingerprint density at radius 3 is 2.18 bits per heavy atom. The molecule has 0 spiro atoms. The van der Waals surface area contributed by atoms with Crippen LogP contribution in [0.1, 0.15) is 15.9 Å². The van der Waals surface area contributed by atoms with E-state index in [-0.39, 0.29) is 19.1 Å². The van der Waals surface area contributed by atoms with Crippen molar-refractivity contribution in [1.29, 1.82) is 0 Å². The number of carbonyl (C=O) groups excluding carboxylic acids is 1. The Balaban J connectivity index is 1.55. The minimum atomic E-state index is -0.200. The summed E-state index contributed by atoms with van der Waals surface area (Å²) in [5, 5.41) is 3.78. The standard InChI is InChI=1S/C22H19Cl2NO3/c23-18-10-6-11-19(24)21(18)28-14-13-27-20-12-5-4-9-17(20)22(26)25-15-16-7-2-1-3-8-16/h1-12H,13-15H2,(H,25,26). The highest BCUT2D eigenvalue weighted by molar-refractivity contribution is 6.37. The van der Waals surface area contributed by atoms with Crippen LogP contribution in [-0.2, 0) is 6.54 Å². The van der Waals surface area contributed by atoms with Gasteiger partial charge in [-0.25, -0.2) is 0 Å². The largest absolute Gasteiger partial charge is 0.489 e. The van der Waals surface area contributed by atoms with Crippen molar-refractivity contribution in [2.75, 3.05) is 13.2 Å². The van der Waals surface area contributed by atoms with Crippen molar-refractivity contribution in [1.82, 2.24) is 5.32 Å². The molecule has 144 valence electrons. The predicted octanol–water partition coefficient (Wildman–Crippen LogP) is 5.38. The third-order valence-corrected chi connectivity index (χ3v) is 4.53. The second-order valence-corrected chi connectivity index (χ2v) is 6.73. The van der Waals surface area contributed by atoms with Gasteiger partial charge in [-0.05, 0) is 29.8 Å². The van der Waals surface area contributed by atoms with E-state index in [4.69, 9.17) is 32.7 Å². The average molecular weight is 416 g/mol. The highest BCUT2D eigenvalue weighted by atomic mass is 35.5. The molecule has 0 radical (unpaired) electrons. The van der Waals surface area contributed by atoms with Crippen LogP contribution in [0, 0.1) is 0 Å². The molecule has 0 aliphatic heterocycles. The third-order valence-electron chi connectivity index (χ3n) is 3.93. The molecule has 0 atom stereocenters. The van der Waals surface area contributed by atoms with Gasteiger partial charge in [-0.1, -0.05) is 71.7 Å². The number of halogens is 2. The molecule has 0 fully saturated rings. The van der Waals surface area contributed by atoms with Crippen molar-refractivity contribution in [3.05, 3.63) is 94.0 Å². The molecule has 0 aromatic heterocycles. The molecule has 3 rings (SSSR count). The number of hydrogen-bond donors (Lipinski definition) is 1. The first-order valence-corrected chi connectivity index (χ1v) is 9.51. The van der Waals surface area contributed by atoms with E-state index < -0.39 is 0 Å². The molecule has 0 aliphatic carbocycles. The van der Waals surface area contributed by atoms with E-state index in [1.54, 1.807) is 36.4 Å². The number of para-hydroxylation sites is 2. The molecule has 3 aromatic carbocycles. The number of ether oxygens (including phenoxy) is 2. The lowest BCUT2D eigenvalue weighted by molar-refractivity contribution is 0.0945. The Morgan fingerprint density at radius 2 is 1.43 bits per heavy atom. The molecule has 0 aliphatic rings. The van der Waals surface area contributed by atoms with E-state index >= 15 is 0 Å². The number of amides is 1. The molecule has 0 saturated carbocycles. The molecule has 3 aromatic rings. The molecule has 0 heterocycles. The summed E-state index contributed by atoms with van der Waals surface area (Å²) in [4.78, 5) is 12.5. The Labute approximate surface area is 174 Å². The fourth-order valence-electron chi connectivity index (χ4n) is 2.57. The smallest absolute Gasteiger partial charge is 0.255 e. The van der Waals surface area contributed by atoms with Crippen LogP contribution in [0.15, 0.2) is 72.8 Å². The number of carbonyl (C=O) groups is 1. The Hall–Kier alpha value is -2.69. The summed E-state index contributed by atoms with van der Waals surface area (Å²) in [6.07, 6.45) is 0. The van der Waals surface area contributed by atoms with Gasteiger partial charge < -0.3 is 14.8 Å². The molecule has 6 heteroatoms. The van der Waals surface area contributed by atoms with E-state index in [0.29, 0.717) is 33.7 Å². The molecule has 0 bridgehead atoms. The van der Waals surface area contributed by atoms with Crippen LogP contribution < -0.4 is 14.8 Å². The van der Waals surface area contributed by atoms with Crippen LogP contribution in [0.2, 0.25) is 10.0 Å². The summed E-state index contributed by atoms with van der Waals surface area (Å²) in [6, 6.07) is 22.0. The van der Waals surface area contributed by atoms with Crippen LogP contribution in [0.4, 0.5) is 0 Å². The van der Waals surface area contributed by atoms with Crippen molar-refractivity contribution in [2.24, 2.45) is 0 Å². The van der Waals surface area contributed by atoms with Gasteiger partial charge in [0.25, 0.3) is 5.91 Å². The maximum Gasteiger partial charge on any atom is 0.255 e. The monoisotopic (exact) mass is 415 g/mol. The zero-order chi connectivity index (χ0) is 19.8. The highest BCUT2D eigenvalue weighted by Gasteiger charge is 2.12. The lowest BCUT2D eigenvalue weighted by atomic mass is 10.1. The number of benzene rings is 3. The summed E-state index contributed by atoms with van der Waals surface area (Å²) in [5.41, 5.74) is 1.49. The Bertz CT molecular complexity index is 912. The van der Waals surface area contributed by atoms with Crippen LogP contribution in [0.25, 0.3) is 0 Å². The average Bonchev–Trinajstić information content (AvgIpc) is 2.72. The van der Waals surface area contributed by atoms with Crippen LogP contribution in [0.5, 0.6) is 11.5 Å². The quantitative estimate of drug-likeness (QED) is 0.502. The molecule has 4 nitrogen and oxygen atoms in total. The second-order valence-electron chi connectivity index (χ2n) is 5.91. The first-order chi connectivity index (χ1) is 13.6. The fraction of sp³-hybridized carbons (Fsp3) is 0.136. The highest BCUT2D eigenvalue weighted by Crippen LogP contribution is 2.32. The van der Waals surface area contributed by atoms with Gasteiger partial charge in [0.15, 0.2) is 5.75 Å². The topological polar surface area (TPSA) is 47.6 Å². The summed E-state index contributed by atoms with van der Waals surface area (Å²) >= 11 is 12.1. The second kappa shape index (κ2) is 10.0. The van der Waals surface area contributed by atoms with Gasteiger partial charge in [0.05, 0.1) is 15.6 Å². The van der Waals surface area contributed by atoms with E-state index in [2.05, 4.69) is 5.32 Å². The summed E-state index contributed by atoms with van der Waals surface area (Å²) in [5.74, 6) is 0.708. The number of rotatable bonds is 8.